The maximum atomic E-state index is 14.1. The molecule has 1 aromatic carbocycles. The molecule has 0 bridgehead atoms. The van der Waals surface area contributed by atoms with Crippen molar-refractivity contribution < 1.29 is 9.13 Å². The predicted molar refractivity (Wildman–Crippen MR) is 96.7 cm³/mol. The Balaban J connectivity index is 2.22. The van der Waals surface area contributed by atoms with Crippen LogP contribution in [0.3, 0.4) is 0 Å². The van der Waals surface area contributed by atoms with Gasteiger partial charge in [0.2, 0.25) is 0 Å². The molecular weight excluding hydrogens is 303 g/mol. The van der Waals surface area contributed by atoms with Crippen LogP contribution in [0.15, 0.2) is 30.3 Å². The molecule has 130 valence electrons. The SMILES string of the molecule is CCOc1ccc(-c2ccc(F)c(CN[C@H](C)C(C)C)n2)cc1C. The highest BCUT2D eigenvalue weighted by Crippen LogP contribution is 2.26. The molecule has 0 aliphatic carbocycles. The molecular formula is C20H27FN2O. The molecule has 0 saturated carbocycles. The first-order chi connectivity index (χ1) is 11.4. The lowest BCUT2D eigenvalue weighted by Crippen LogP contribution is -2.30. The van der Waals surface area contributed by atoms with E-state index < -0.39 is 0 Å². The van der Waals surface area contributed by atoms with Gasteiger partial charge in [0.05, 0.1) is 18.0 Å². The van der Waals surface area contributed by atoms with Crippen LogP contribution in [-0.4, -0.2) is 17.6 Å². The van der Waals surface area contributed by atoms with E-state index in [9.17, 15) is 4.39 Å². The first-order valence-electron chi connectivity index (χ1n) is 8.55. The highest BCUT2D eigenvalue weighted by Gasteiger charge is 2.11. The quantitative estimate of drug-likeness (QED) is 0.797. The van der Waals surface area contributed by atoms with E-state index in [0.717, 1.165) is 22.6 Å². The number of pyridine rings is 1. The summed E-state index contributed by atoms with van der Waals surface area (Å²) < 4.78 is 19.6. The molecule has 0 amide bonds. The van der Waals surface area contributed by atoms with Gasteiger partial charge in [0.15, 0.2) is 0 Å². The van der Waals surface area contributed by atoms with Crippen LogP contribution < -0.4 is 10.1 Å². The van der Waals surface area contributed by atoms with Gasteiger partial charge in [-0.3, -0.25) is 0 Å². The summed E-state index contributed by atoms with van der Waals surface area (Å²) in [6.07, 6.45) is 0. The average molecular weight is 330 g/mol. The Morgan fingerprint density at radius 2 is 1.92 bits per heavy atom. The van der Waals surface area contributed by atoms with Crippen LogP contribution in [0.4, 0.5) is 4.39 Å². The summed E-state index contributed by atoms with van der Waals surface area (Å²) >= 11 is 0. The monoisotopic (exact) mass is 330 g/mol. The summed E-state index contributed by atoms with van der Waals surface area (Å²) in [7, 11) is 0. The highest BCUT2D eigenvalue weighted by molar-refractivity contribution is 5.62. The molecule has 0 spiro atoms. The number of rotatable bonds is 7. The van der Waals surface area contributed by atoms with E-state index in [0.29, 0.717) is 30.8 Å². The Morgan fingerprint density at radius 1 is 1.17 bits per heavy atom. The minimum absolute atomic E-state index is 0.273. The summed E-state index contributed by atoms with van der Waals surface area (Å²) in [6.45, 7) is 11.4. The van der Waals surface area contributed by atoms with Crippen molar-refractivity contribution in [3.05, 3.63) is 47.4 Å². The number of benzene rings is 1. The highest BCUT2D eigenvalue weighted by atomic mass is 19.1. The Hall–Kier alpha value is -1.94. The fourth-order valence-electron chi connectivity index (χ4n) is 2.39. The number of hydrogen-bond acceptors (Lipinski definition) is 3. The van der Waals surface area contributed by atoms with Gasteiger partial charge >= 0.3 is 0 Å². The predicted octanol–water partition coefficient (Wildman–Crippen LogP) is 4.73. The number of nitrogens with zero attached hydrogens (tertiary/aromatic N) is 1. The number of aryl methyl sites for hydroxylation is 1. The second-order valence-corrected chi connectivity index (χ2v) is 6.45. The van der Waals surface area contributed by atoms with Gasteiger partial charge in [-0.15, -0.1) is 0 Å². The van der Waals surface area contributed by atoms with Crippen LogP contribution in [-0.2, 0) is 6.54 Å². The molecule has 4 heteroatoms. The Labute approximate surface area is 144 Å². The minimum Gasteiger partial charge on any atom is -0.494 e. The van der Waals surface area contributed by atoms with E-state index in [4.69, 9.17) is 4.74 Å². The second kappa shape index (κ2) is 8.25. The van der Waals surface area contributed by atoms with Crippen molar-refractivity contribution in [2.24, 2.45) is 5.92 Å². The van der Waals surface area contributed by atoms with Gasteiger partial charge in [0.25, 0.3) is 0 Å². The van der Waals surface area contributed by atoms with Crippen molar-refractivity contribution >= 4 is 0 Å². The van der Waals surface area contributed by atoms with E-state index in [1.807, 2.05) is 32.0 Å². The van der Waals surface area contributed by atoms with Crippen LogP contribution in [0, 0.1) is 18.7 Å². The van der Waals surface area contributed by atoms with Crippen LogP contribution in [0.2, 0.25) is 0 Å². The lowest BCUT2D eigenvalue weighted by atomic mass is 10.1. The van der Waals surface area contributed by atoms with Gasteiger partial charge in [-0.2, -0.15) is 0 Å². The Kier molecular flexibility index (Phi) is 6.32. The zero-order valence-corrected chi connectivity index (χ0v) is 15.2. The minimum atomic E-state index is -0.273. The molecule has 0 saturated heterocycles. The van der Waals surface area contributed by atoms with Gasteiger partial charge in [0.1, 0.15) is 11.6 Å². The summed E-state index contributed by atoms with van der Waals surface area (Å²) in [5.41, 5.74) is 3.24. The number of halogens is 1. The van der Waals surface area contributed by atoms with Crippen LogP contribution in [0.25, 0.3) is 11.3 Å². The van der Waals surface area contributed by atoms with Gasteiger partial charge < -0.3 is 10.1 Å². The number of aromatic nitrogens is 1. The molecule has 0 radical (unpaired) electrons. The molecule has 1 atom stereocenters. The van der Waals surface area contributed by atoms with Gasteiger partial charge in [-0.1, -0.05) is 13.8 Å². The molecule has 0 unspecified atom stereocenters. The summed E-state index contributed by atoms with van der Waals surface area (Å²) in [4.78, 5) is 4.51. The summed E-state index contributed by atoms with van der Waals surface area (Å²) in [5, 5.41) is 3.33. The van der Waals surface area contributed by atoms with Crippen LogP contribution in [0.5, 0.6) is 5.75 Å². The molecule has 0 fully saturated rings. The molecule has 0 aliphatic heterocycles. The first kappa shape index (κ1) is 18.4. The molecule has 1 aromatic heterocycles. The van der Waals surface area contributed by atoms with Gasteiger partial charge in [0, 0.05) is 18.2 Å². The second-order valence-electron chi connectivity index (χ2n) is 6.45. The van der Waals surface area contributed by atoms with Crippen molar-refractivity contribution in [1.82, 2.24) is 10.3 Å². The first-order valence-corrected chi connectivity index (χ1v) is 8.55. The fourth-order valence-corrected chi connectivity index (χ4v) is 2.39. The smallest absolute Gasteiger partial charge is 0.146 e. The number of ether oxygens (including phenoxy) is 1. The van der Waals surface area contributed by atoms with E-state index in [2.05, 4.69) is 31.1 Å². The lowest BCUT2D eigenvalue weighted by Gasteiger charge is -2.17. The number of nitrogens with one attached hydrogen (secondary N) is 1. The fraction of sp³-hybridized carbons (Fsp3) is 0.450. The van der Waals surface area contributed by atoms with E-state index in [1.165, 1.54) is 6.07 Å². The van der Waals surface area contributed by atoms with Crippen molar-refractivity contribution in [2.45, 2.75) is 47.2 Å². The third-order valence-electron chi connectivity index (χ3n) is 4.28. The van der Waals surface area contributed by atoms with E-state index in [-0.39, 0.29) is 5.82 Å². The topological polar surface area (TPSA) is 34.1 Å². The zero-order valence-electron chi connectivity index (χ0n) is 15.2. The standard InChI is InChI=1S/C20H27FN2O/c1-6-24-20-10-7-16(11-14(20)4)18-9-8-17(21)19(23-18)12-22-15(5)13(2)3/h7-11,13,15,22H,6,12H2,1-5H3/t15-/m1/s1. The van der Waals surface area contributed by atoms with E-state index in [1.54, 1.807) is 6.07 Å². The molecule has 24 heavy (non-hydrogen) atoms. The van der Waals surface area contributed by atoms with Crippen molar-refractivity contribution in [2.75, 3.05) is 6.61 Å². The van der Waals surface area contributed by atoms with E-state index >= 15 is 0 Å². The Bertz CT molecular complexity index is 685. The third-order valence-corrected chi connectivity index (χ3v) is 4.28. The van der Waals surface area contributed by atoms with Crippen molar-refractivity contribution in [3.63, 3.8) is 0 Å². The molecule has 3 nitrogen and oxygen atoms in total. The molecule has 2 aromatic rings. The summed E-state index contributed by atoms with van der Waals surface area (Å²) in [5.74, 6) is 1.09. The van der Waals surface area contributed by atoms with Crippen molar-refractivity contribution in [3.8, 4) is 17.0 Å². The Morgan fingerprint density at radius 3 is 2.54 bits per heavy atom. The maximum Gasteiger partial charge on any atom is 0.146 e. The lowest BCUT2D eigenvalue weighted by molar-refractivity contribution is 0.338. The largest absolute Gasteiger partial charge is 0.494 e. The molecule has 1 heterocycles. The average Bonchev–Trinajstić information content (AvgIpc) is 2.55. The zero-order chi connectivity index (χ0) is 17.7. The normalized spacial score (nSPS) is 12.5. The van der Waals surface area contributed by atoms with Crippen molar-refractivity contribution in [1.29, 1.82) is 0 Å². The number of hydrogen-bond donors (Lipinski definition) is 1. The van der Waals surface area contributed by atoms with Crippen LogP contribution >= 0.6 is 0 Å². The molecule has 0 aliphatic rings. The van der Waals surface area contributed by atoms with Gasteiger partial charge in [-0.25, -0.2) is 9.37 Å². The molecule has 2 rings (SSSR count). The third kappa shape index (κ3) is 4.54. The van der Waals surface area contributed by atoms with Gasteiger partial charge in [-0.05, 0) is 62.6 Å². The maximum absolute atomic E-state index is 14.1. The summed E-state index contributed by atoms with van der Waals surface area (Å²) in [6, 6.07) is 9.46. The van der Waals surface area contributed by atoms with Crippen LogP contribution in [0.1, 0.15) is 39.0 Å². The molecule has 1 N–H and O–H groups in total.